The van der Waals surface area contributed by atoms with Gasteiger partial charge in [-0.3, -0.25) is 4.90 Å². The highest BCUT2D eigenvalue weighted by molar-refractivity contribution is 14.0. The smallest absolute Gasteiger partial charge is 0.188 e. The van der Waals surface area contributed by atoms with E-state index in [1.807, 2.05) is 19.1 Å². The summed E-state index contributed by atoms with van der Waals surface area (Å²) >= 11 is 6.18. The third-order valence-electron chi connectivity index (χ3n) is 4.26. The molecule has 6 heteroatoms. The Hall–Kier alpha value is -0.790. The number of benzene rings is 1. The van der Waals surface area contributed by atoms with Crippen molar-refractivity contribution in [3.63, 3.8) is 0 Å². The molecule has 1 aliphatic heterocycles. The van der Waals surface area contributed by atoms with Crippen LogP contribution in [-0.2, 0) is 0 Å². The lowest BCUT2D eigenvalue weighted by atomic mass is 9.85. The van der Waals surface area contributed by atoms with Gasteiger partial charge in [0, 0.05) is 17.6 Å². The number of halogens is 2. The predicted octanol–water partition coefficient (Wildman–Crippen LogP) is 3.82. The van der Waals surface area contributed by atoms with Crippen LogP contribution in [0.25, 0.3) is 0 Å². The highest BCUT2D eigenvalue weighted by Crippen LogP contribution is 2.35. The van der Waals surface area contributed by atoms with Crippen LogP contribution in [0.1, 0.15) is 31.4 Å². The van der Waals surface area contributed by atoms with Crippen molar-refractivity contribution in [2.24, 2.45) is 16.6 Å². The molecule has 0 aromatic heterocycles. The van der Waals surface area contributed by atoms with Gasteiger partial charge in [0.15, 0.2) is 5.96 Å². The average molecular weight is 463 g/mol. The number of likely N-dealkylation sites (tertiary alicyclic amines) is 1. The molecule has 1 aromatic carbocycles. The van der Waals surface area contributed by atoms with E-state index in [0.717, 1.165) is 23.7 Å². The first-order valence-electron chi connectivity index (χ1n) is 8.11. The minimum atomic E-state index is 0. The molecular formula is C18H28ClIN4. The minimum Gasteiger partial charge on any atom is -0.370 e. The first-order valence-corrected chi connectivity index (χ1v) is 8.49. The van der Waals surface area contributed by atoms with Crippen LogP contribution in [0.2, 0.25) is 5.02 Å². The lowest BCUT2D eigenvalue weighted by Crippen LogP contribution is -2.43. The van der Waals surface area contributed by atoms with Gasteiger partial charge in [-0.25, -0.2) is 4.99 Å². The summed E-state index contributed by atoms with van der Waals surface area (Å²) in [7, 11) is 2.18. The normalized spacial score (nSPS) is 21.9. The quantitative estimate of drug-likeness (QED) is 0.303. The number of hydrogen-bond acceptors (Lipinski definition) is 2. The van der Waals surface area contributed by atoms with E-state index in [1.165, 1.54) is 18.4 Å². The highest BCUT2D eigenvalue weighted by atomic mass is 127. The number of nitrogens with one attached hydrogen (secondary N) is 1. The molecular weight excluding hydrogens is 435 g/mol. The van der Waals surface area contributed by atoms with Gasteiger partial charge >= 0.3 is 0 Å². The van der Waals surface area contributed by atoms with E-state index >= 15 is 0 Å². The van der Waals surface area contributed by atoms with Crippen LogP contribution in [-0.4, -0.2) is 37.5 Å². The molecule has 0 amide bonds. The summed E-state index contributed by atoms with van der Waals surface area (Å²) in [5.41, 5.74) is 8.22. The van der Waals surface area contributed by atoms with Crippen molar-refractivity contribution in [3.8, 4) is 0 Å². The third kappa shape index (κ3) is 6.26. The second-order valence-corrected chi connectivity index (χ2v) is 6.86. The van der Waals surface area contributed by atoms with Gasteiger partial charge in [-0.2, -0.15) is 0 Å². The van der Waals surface area contributed by atoms with Gasteiger partial charge in [0.2, 0.25) is 0 Å². The van der Waals surface area contributed by atoms with Gasteiger partial charge in [0.1, 0.15) is 0 Å². The second-order valence-electron chi connectivity index (χ2n) is 6.42. The van der Waals surface area contributed by atoms with Gasteiger partial charge in [-0.1, -0.05) is 35.9 Å². The van der Waals surface area contributed by atoms with E-state index in [4.69, 9.17) is 17.3 Å². The van der Waals surface area contributed by atoms with E-state index in [1.54, 1.807) is 0 Å². The van der Waals surface area contributed by atoms with Crippen molar-refractivity contribution < 1.29 is 0 Å². The molecule has 134 valence electrons. The molecule has 1 aliphatic rings. The third-order valence-corrected chi connectivity index (χ3v) is 4.50. The van der Waals surface area contributed by atoms with E-state index in [0.29, 0.717) is 24.5 Å². The summed E-state index contributed by atoms with van der Waals surface area (Å²) in [6.07, 6.45) is 2.37. The Morgan fingerprint density at radius 3 is 2.92 bits per heavy atom. The highest BCUT2D eigenvalue weighted by Gasteiger charge is 2.30. The zero-order chi connectivity index (χ0) is 16.8. The first kappa shape index (κ1) is 21.3. The molecule has 3 N–H and O–H groups in total. The Bertz CT molecular complexity index is 576. The van der Waals surface area contributed by atoms with Crippen LogP contribution >= 0.6 is 35.6 Å². The van der Waals surface area contributed by atoms with E-state index in [9.17, 15) is 0 Å². The zero-order valence-electron chi connectivity index (χ0n) is 14.5. The Balaban J connectivity index is 0.00000288. The van der Waals surface area contributed by atoms with Crippen molar-refractivity contribution in [2.45, 2.75) is 25.8 Å². The Kier molecular flexibility index (Phi) is 9.08. The first-order chi connectivity index (χ1) is 11.0. The van der Waals surface area contributed by atoms with E-state index in [2.05, 4.69) is 41.0 Å². The molecule has 1 saturated heterocycles. The topological polar surface area (TPSA) is 53.6 Å². The fourth-order valence-corrected chi connectivity index (χ4v) is 3.40. The fourth-order valence-electron chi connectivity index (χ4n) is 3.20. The van der Waals surface area contributed by atoms with Crippen LogP contribution in [0, 0.1) is 5.92 Å². The molecule has 1 aromatic rings. The van der Waals surface area contributed by atoms with E-state index in [-0.39, 0.29) is 24.0 Å². The maximum atomic E-state index is 6.18. The second kappa shape index (κ2) is 10.3. The monoisotopic (exact) mass is 462 g/mol. The van der Waals surface area contributed by atoms with Gasteiger partial charge in [0.25, 0.3) is 0 Å². The maximum absolute atomic E-state index is 6.18. The van der Waals surface area contributed by atoms with Crippen LogP contribution in [0.3, 0.4) is 0 Å². The van der Waals surface area contributed by atoms with E-state index < -0.39 is 0 Å². The lowest BCUT2D eigenvalue weighted by molar-refractivity contribution is 0.122. The summed E-state index contributed by atoms with van der Waals surface area (Å²) in [6, 6.07) is 8.52. The number of nitrogens with zero attached hydrogens (tertiary/aromatic N) is 2. The summed E-state index contributed by atoms with van der Waals surface area (Å²) in [5.74, 6) is 0.969. The maximum Gasteiger partial charge on any atom is 0.188 e. The molecule has 2 rings (SSSR count). The molecule has 0 aliphatic carbocycles. The Labute approximate surface area is 167 Å². The molecule has 0 spiro atoms. The van der Waals surface area contributed by atoms with Gasteiger partial charge in [-0.15, -0.1) is 24.0 Å². The number of piperidine rings is 1. The summed E-state index contributed by atoms with van der Waals surface area (Å²) in [5, 5.41) is 4.06. The van der Waals surface area contributed by atoms with Crippen molar-refractivity contribution in [1.82, 2.24) is 10.2 Å². The number of hydrogen-bond donors (Lipinski definition) is 2. The predicted molar refractivity (Wildman–Crippen MR) is 114 cm³/mol. The molecule has 0 saturated carbocycles. The Morgan fingerprint density at radius 2 is 2.25 bits per heavy atom. The fraction of sp³-hybridized carbons (Fsp3) is 0.500. The average Bonchev–Trinajstić information content (AvgIpc) is 2.50. The van der Waals surface area contributed by atoms with Crippen molar-refractivity contribution in [3.05, 3.63) is 47.0 Å². The number of nitrogens with two attached hydrogens (primary N) is 1. The van der Waals surface area contributed by atoms with Crippen LogP contribution < -0.4 is 11.1 Å². The van der Waals surface area contributed by atoms with Gasteiger partial charge in [-0.05, 0) is 57.0 Å². The Morgan fingerprint density at radius 1 is 1.50 bits per heavy atom. The standard InChI is InChI=1S/C18H27ClN4.HI/c1-13(2)11-21-18(20)22-12-15-7-5-9-23(3)17(15)14-6-4-8-16(19)10-14;/h4,6,8,10,15,17H,1,5,7,9,11-12H2,2-3H3,(H3,20,21,22);1H. The molecule has 1 heterocycles. The molecule has 0 radical (unpaired) electrons. The van der Waals surface area contributed by atoms with Crippen LogP contribution in [0.5, 0.6) is 0 Å². The molecule has 2 unspecified atom stereocenters. The summed E-state index contributed by atoms with van der Waals surface area (Å²) in [4.78, 5) is 6.69. The molecule has 24 heavy (non-hydrogen) atoms. The minimum absolute atomic E-state index is 0. The van der Waals surface area contributed by atoms with Gasteiger partial charge < -0.3 is 11.1 Å². The lowest BCUT2D eigenvalue weighted by Gasteiger charge is -2.39. The SMILES string of the molecule is C=C(C)CN=C(N)NCC1CCCN(C)C1c1cccc(Cl)c1.I. The largest absolute Gasteiger partial charge is 0.370 e. The number of guanidine groups is 1. The zero-order valence-corrected chi connectivity index (χ0v) is 17.6. The van der Waals surface area contributed by atoms with Crippen molar-refractivity contribution in [1.29, 1.82) is 0 Å². The number of rotatable bonds is 5. The summed E-state index contributed by atoms with van der Waals surface area (Å²) in [6.45, 7) is 8.27. The van der Waals surface area contributed by atoms with Crippen LogP contribution in [0.15, 0.2) is 41.4 Å². The number of aliphatic imine (C=N–C) groups is 1. The molecule has 1 fully saturated rings. The van der Waals surface area contributed by atoms with Crippen molar-refractivity contribution >= 4 is 41.5 Å². The molecule has 4 nitrogen and oxygen atoms in total. The molecule has 0 bridgehead atoms. The van der Waals surface area contributed by atoms with Crippen molar-refractivity contribution in [2.75, 3.05) is 26.7 Å². The summed E-state index contributed by atoms with van der Waals surface area (Å²) < 4.78 is 0. The van der Waals surface area contributed by atoms with Crippen LogP contribution in [0.4, 0.5) is 0 Å². The van der Waals surface area contributed by atoms with Gasteiger partial charge in [0.05, 0.1) is 6.54 Å². The molecule has 2 atom stereocenters.